The number of sulfonamides is 1. The van der Waals surface area contributed by atoms with Gasteiger partial charge in [-0.05, 0) is 42.5 Å². The Morgan fingerprint density at radius 2 is 1.38 bits per heavy atom. The molecule has 3 rings (SSSR count). The van der Waals surface area contributed by atoms with Crippen LogP contribution in [0.5, 0.6) is 11.5 Å². The summed E-state index contributed by atoms with van der Waals surface area (Å²) in [6.45, 7) is 0. The smallest absolute Gasteiger partial charge is 0.265 e. The van der Waals surface area contributed by atoms with Gasteiger partial charge in [0.05, 0.1) is 10.6 Å². The Hall–Kier alpha value is -3.44. The van der Waals surface area contributed by atoms with Crippen molar-refractivity contribution < 1.29 is 27.0 Å². The largest absolute Gasteiger partial charge is 0.507 e. The van der Waals surface area contributed by atoms with Crippen LogP contribution < -0.4 is 16.2 Å². The van der Waals surface area contributed by atoms with Crippen LogP contribution in [0.4, 0.5) is 17.1 Å². The number of rotatable bonds is 5. The van der Waals surface area contributed by atoms with Crippen LogP contribution in [0.2, 0.25) is 0 Å². The van der Waals surface area contributed by atoms with Gasteiger partial charge in [0.1, 0.15) is 15.5 Å². The molecule has 0 unspecified atom stereocenters. The lowest BCUT2D eigenvalue weighted by Gasteiger charge is -2.15. The molecule has 0 radical (unpaired) electrons. The zero-order valence-electron chi connectivity index (χ0n) is 14.8. The van der Waals surface area contributed by atoms with Crippen LogP contribution in [0.3, 0.4) is 0 Å². The lowest BCUT2D eigenvalue weighted by molar-refractivity contribution is 0.457. The van der Waals surface area contributed by atoms with E-state index in [1.165, 1.54) is 30.3 Å². The number of nitrogens with one attached hydrogen (secondary N) is 1. The summed E-state index contributed by atoms with van der Waals surface area (Å²) in [7, 11) is -8.61. The van der Waals surface area contributed by atoms with Crippen molar-refractivity contribution in [3.05, 3.63) is 60.7 Å². The fraction of sp³-hybridized carbons (Fsp3) is 0. The van der Waals surface area contributed by atoms with E-state index in [4.69, 9.17) is 11.5 Å². The maximum atomic E-state index is 12.8. The highest BCUT2D eigenvalue weighted by Gasteiger charge is 2.27. The first-order valence-electron chi connectivity index (χ1n) is 8.06. The van der Waals surface area contributed by atoms with E-state index in [-0.39, 0.29) is 16.3 Å². The molecule has 7 N–H and O–H groups in total. The Labute approximate surface area is 167 Å². The van der Waals surface area contributed by atoms with Crippen LogP contribution in [-0.4, -0.2) is 27.0 Å². The van der Waals surface area contributed by atoms with Crippen LogP contribution >= 0.6 is 0 Å². The van der Waals surface area contributed by atoms with Crippen LogP contribution in [-0.2, 0) is 19.9 Å². The number of sulfone groups is 1. The Kier molecular flexibility index (Phi) is 5.03. The summed E-state index contributed by atoms with van der Waals surface area (Å²) in [5, 5.41) is 20.3. The number of phenols is 2. The van der Waals surface area contributed by atoms with Crippen LogP contribution in [0.15, 0.2) is 75.4 Å². The quantitative estimate of drug-likeness (QED) is 0.229. The van der Waals surface area contributed by atoms with E-state index in [9.17, 15) is 27.0 Å². The molecule has 0 fully saturated rings. The first-order valence-corrected chi connectivity index (χ1v) is 11.0. The monoisotopic (exact) mass is 435 g/mol. The molecule has 0 aliphatic carbocycles. The maximum Gasteiger partial charge on any atom is 0.265 e. The number of hydrogen-bond donors (Lipinski definition) is 5. The van der Waals surface area contributed by atoms with Crippen molar-refractivity contribution in [1.29, 1.82) is 0 Å². The first kappa shape index (κ1) is 20.3. The van der Waals surface area contributed by atoms with Crippen molar-refractivity contribution in [1.82, 2.24) is 0 Å². The average molecular weight is 435 g/mol. The molecule has 0 aliphatic heterocycles. The highest BCUT2D eigenvalue weighted by atomic mass is 32.2. The topological polar surface area (TPSA) is 173 Å². The number of aromatic hydroxyl groups is 2. The standard InChI is InChI=1S/C18H17N3O6S2/c19-11-6-7-15(22)16(9-11)29(26,27)21-14-8-12(20)10-17(18(14)23)28(24,25)13-4-2-1-3-5-13/h1-10,21-23H,19-20H2. The fourth-order valence-corrected chi connectivity index (χ4v) is 5.20. The van der Waals surface area contributed by atoms with Gasteiger partial charge in [0.25, 0.3) is 10.0 Å². The molecule has 0 heterocycles. The van der Waals surface area contributed by atoms with Gasteiger partial charge in [-0.3, -0.25) is 4.72 Å². The second kappa shape index (κ2) is 7.18. The van der Waals surface area contributed by atoms with Gasteiger partial charge in [0.15, 0.2) is 5.75 Å². The Balaban J connectivity index is 2.12. The van der Waals surface area contributed by atoms with Crippen molar-refractivity contribution in [2.24, 2.45) is 0 Å². The summed E-state index contributed by atoms with van der Waals surface area (Å²) in [5.74, 6) is -1.41. The summed E-state index contributed by atoms with van der Waals surface area (Å²) in [6.07, 6.45) is 0. The molecule has 0 bridgehead atoms. The van der Waals surface area contributed by atoms with Crippen LogP contribution in [0.1, 0.15) is 0 Å². The van der Waals surface area contributed by atoms with Crippen molar-refractivity contribution in [2.45, 2.75) is 14.7 Å². The Bertz CT molecular complexity index is 1290. The van der Waals surface area contributed by atoms with Gasteiger partial charge in [-0.25, -0.2) is 16.8 Å². The van der Waals surface area contributed by atoms with Crippen molar-refractivity contribution >= 4 is 36.9 Å². The van der Waals surface area contributed by atoms with Crippen molar-refractivity contribution in [3.63, 3.8) is 0 Å². The molecule has 0 aliphatic rings. The van der Waals surface area contributed by atoms with Gasteiger partial charge < -0.3 is 21.7 Å². The van der Waals surface area contributed by atoms with Gasteiger partial charge in [-0.15, -0.1) is 0 Å². The first-order chi connectivity index (χ1) is 13.5. The molecule has 0 amide bonds. The molecule has 0 aromatic heterocycles. The van der Waals surface area contributed by atoms with E-state index in [1.807, 2.05) is 4.72 Å². The number of phenolic OH excluding ortho intramolecular Hbond substituents is 2. The highest BCUT2D eigenvalue weighted by Crippen LogP contribution is 2.38. The summed E-state index contributed by atoms with van der Waals surface area (Å²) < 4.78 is 53.0. The van der Waals surface area contributed by atoms with Gasteiger partial charge in [0.2, 0.25) is 9.84 Å². The second-order valence-electron chi connectivity index (χ2n) is 6.06. The van der Waals surface area contributed by atoms with E-state index in [0.717, 1.165) is 24.3 Å². The number of benzene rings is 3. The number of nitrogen functional groups attached to an aromatic ring is 2. The van der Waals surface area contributed by atoms with E-state index in [2.05, 4.69) is 0 Å². The summed E-state index contributed by atoms with van der Waals surface area (Å²) in [4.78, 5) is -1.23. The van der Waals surface area contributed by atoms with Gasteiger partial charge >= 0.3 is 0 Å². The minimum absolute atomic E-state index is 0.0762. The molecule has 11 heteroatoms. The summed E-state index contributed by atoms with van der Waals surface area (Å²) >= 11 is 0. The summed E-state index contributed by atoms with van der Waals surface area (Å²) in [5.41, 5.74) is 10.8. The minimum atomic E-state index is -4.42. The maximum absolute atomic E-state index is 12.8. The Morgan fingerprint density at radius 3 is 2.03 bits per heavy atom. The predicted molar refractivity (Wildman–Crippen MR) is 108 cm³/mol. The molecule has 0 spiro atoms. The molecule has 0 saturated carbocycles. The average Bonchev–Trinajstić information content (AvgIpc) is 2.66. The van der Waals surface area contributed by atoms with E-state index in [1.54, 1.807) is 6.07 Å². The van der Waals surface area contributed by atoms with Gasteiger partial charge in [-0.1, -0.05) is 18.2 Å². The molecular formula is C18H17N3O6S2. The third-order valence-electron chi connectivity index (χ3n) is 3.96. The highest BCUT2D eigenvalue weighted by molar-refractivity contribution is 7.93. The van der Waals surface area contributed by atoms with Crippen LogP contribution in [0, 0.1) is 0 Å². The zero-order chi connectivity index (χ0) is 21.4. The molecule has 0 saturated heterocycles. The van der Waals surface area contributed by atoms with E-state index >= 15 is 0 Å². The lowest BCUT2D eigenvalue weighted by Crippen LogP contribution is -2.15. The minimum Gasteiger partial charge on any atom is -0.507 e. The van der Waals surface area contributed by atoms with Gasteiger partial charge in [0, 0.05) is 11.4 Å². The second-order valence-corrected chi connectivity index (χ2v) is 9.63. The zero-order valence-corrected chi connectivity index (χ0v) is 16.4. The SMILES string of the molecule is Nc1ccc(O)c(S(=O)(=O)Nc2cc(N)cc(S(=O)(=O)c3ccccc3)c2O)c1. The number of hydrogen-bond acceptors (Lipinski definition) is 8. The van der Waals surface area contributed by atoms with Crippen LogP contribution in [0.25, 0.3) is 0 Å². The third-order valence-corrected chi connectivity index (χ3v) is 7.14. The molecule has 9 nitrogen and oxygen atoms in total. The number of anilines is 3. The fourth-order valence-electron chi connectivity index (χ4n) is 2.58. The third kappa shape index (κ3) is 3.91. The van der Waals surface area contributed by atoms with Gasteiger partial charge in [-0.2, -0.15) is 0 Å². The number of nitrogens with two attached hydrogens (primary N) is 2. The Morgan fingerprint density at radius 1 is 0.759 bits per heavy atom. The molecule has 3 aromatic rings. The molecule has 3 aromatic carbocycles. The predicted octanol–water partition coefficient (Wildman–Crippen LogP) is 1.90. The molecule has 29 heavy (non-hydrogen) atoms. The normalized spacial score (nSPS) is 11.9. The van der Waals surface area contributed by atoms with E-state index in [0.29, 0.717) is 0 Å². The lowest BCUT2D eigenvalue weighted by atomic mass is 10.2. The molecule has 0 atom stereocenters. The molecular weight excluding hydrogens is 418 g/mol. The summed E-state index contributed by atoms with van der Waals surface area (Å²) in [6, 6.07) is 12.8. The van der Waals surface area contributed by atoms with Crippen molar-refractivity contribution in [3.8, 4) is 11.5 Å². The van der Waals surface area contributed by atoms with E-state index < -0.39 is 46.8 Å². The molecule has 152 valence electrons. The van der Waals surface area contributed by atoms with Crippen molar-refractivity contribution in [2.75, 3.05) is 16.2 Å².